The van der Waals surface area contributed by atoms with E-state index in [1.54, 1.807) is 0 Å². The molecule has 1 N–H and O–H groups in total. The molecule has 2 nitrogen and oxygen atoms in total. The van der Waals surface area contributed by atoms with Crippen molar-refractivity contribution >= 4 is 15.9 Å². The van der Waals surface area contributed by atoms with Crippen LogP contribution in [0, 0.1) is 0 Å². The zero-order valence-electron chi connectivity index (χ0n) is 10.5. The van der Waals surface area contributed by atoms with Crippen molar-refractivity contribution in [3.63, 3.8) is 0 Å². The molecular formula is C14H21BrN2. The van der Waals surface area contributed by atoms with Crippen molar-refractivity contribution in [2.75, 3.05) is 26.2 Å². The standard InChI is InChI=1S/C14H21BrN2/c1-12(13-6-2-3-7-14(13)15)16-8-11-17-9-4-5-10-17/h2-3,6-7,12,16H,4-5,8-11H2,1H3/t12-/m1/s1. The van der Waals surface area contributed by atoms with E-state index in [1.807, 2.05) is 0 Å². The summed E-state index contributed by atoms with van der Waals surface area (Å²) in [7, 11) is 0. The average molecular weight is 297 g/mol. The van der Waals surface area contributed by atoms with Crippen molar-refractivity contribution in [3.05, 3.63) is 34.3 Å². The lowest BCUT2D eigenvalue weighted by Gasteiger charge is -2.19. The molecule has 94 valence electrons. The fraction of sp³-hybridized carbons (Fsp3) is 0.571. The van der Waals surface area contributed by atoms with Crippen LogP contribution in [0.5, 0.6) is 0 Å². The summed E-state index contributed by atoms with van der Waals surface area (Å²) in [5.41, 5.74) is 1.34. The third-order valence-corrected chi connectivity index (χ3v) is 4.17. The molecule has 0 aromatic heterocycles. The Morgan fingerprint density at radius 1 is 1.29 bits per heavy atom. The second-order valence-electron chi connectivity index (χ2n) is 4.75. The highest BCUT2D eigenvalue weighted by Gasteiger charge is 2.12. The van der Waals surface area contributed by atoms with E-state index in [-0.39, 0.29) is 0 Å². The highest BCUT2D eigenvalue weighted by atomic mass is 79.9. The number of hydrogen-bond acceptors (Lipinski definition) is 2. The van der Waals surface area contributed by atoms with Crippen molar-refractivity contribution in [2.45, 2.75) is 25.8 Å². The lowest BCUT2D eigenvalue weighted by molar-refractivity contribution is 0.329. The summed E-state index contributed by atoms with van der Waals surface area (Å²) in [6.45, 7) is 7.04. The molecule has 2 rings (SSSR count). The van der Waals surface area contributed by atoms with Crippen LogP contribution in [0.3, 0.4) is 0 Å². The van der Waals surface area contributed by atoms with Gasteiger partial charge in [-0.15, -0.1) is 0 Å². The van der Waals surface area contributed by atoms with Gasteiger partial charge in [0.2, 0.25) is 0 Å². The lowest BCUT2D eigenvalue weighted by atomic mass is 10.1. The first-order valence-electron chi connectivity index (χ1n) is 6.47. The van der Waals surface area contributed by atoms with Gasteiger partial charge in [-0.2, -0.15) is 0 Å². The lowest BCUT2D eigenvalue weighted by Crippen LogP contribution is -2.31. The molecule has 0 aliphatic carbocycles. The third-order valence-electron chi connectivity index (χ3n) is 3.45. The van der Waals surface area contributed by atoms with Gasteiger partial charge in [0.05, 0.1) is 0 Å². The van der Waals surface area contributed by atoms with Gasteiger partial charge in [-0.1, -0.05) is 34.1 Å². The van der Waals surface area contributed by atoms with Gasteiger partial charge in [0.15, 0.2) is 0 Å². The maximum atomic E-state index is 3.60. The Bertz CT molecular complexity index is 348. The first-order valence-corrected chi connectivity index (χ1v) is 7.27. The van der Waals surface area contributed by atoms with E-state index >= 15 is 0 Å². The molecule has 0 amide bonds. The van der Waals surface area contributed by atoms with E-state index in [2.05, 4.69) is 57.3 Å². The largest absolute Gasteiger partial charge is 0.309 e. The molecule has 17 heavy (non-hydrogen) atoms. The SMILES string of the molecule is C[C@@H](NCCN1CCCC1)c1ccccc1Br. The molecule has 0 saturated carbocycles. The average Bonchev–Trinajstić information content (AvgIpc) is 2.82. The van der Waals surface area contributed by atoms with Gasteiger partial charge in [0, 0.05) is 23.6 Å². The Morgan fingerprint density at radius 2 is 2.00 bits per heavy atom. The third kappa shape index (κ3) is 3.80. The maximum absolute atomic E-state index is 3.60. The maximum Gasteiger partial charge on any atom is 0.0303 e. The van der Waals surface area contributed by atoms with Crippen LogP contribution in [0.25, 0.3) is 0 Å². The first-order chi connectivity index (χ1) is 8.27. The summed E-state index contributed by atoms with van der Waals surface area (Å²) in [5.74, 6) is 0. The van der Waals surface area contributed by atoms with Gasteiger partial charge in [-0.05, 0) is 44.5 Å². The van der Waals surface area contributed by atoms with Crippen molar-refractivity contribution in [3.8, 4) is 0 Å². The molecule has 0 bridgehead atoms. The smallest absolute Gasteiger partial charge is 0.0303 e. The zero-order chi connectivity index (χ0) is 12.1. The van der Waals surface area contributed by atoms with Gasteiger partial charge in [0.1, 0.15) is 0 Å². The van der Waals surface area contributed by atoms with Crippen LogP contribution < -0.4 is 5.32 Å². The molecule has 3 heteroatoms. The Hall–Kier alpha value is -0.380. The Labute approximate surface area is 113 Å². The van der Waals surface area contributed by atoms with Gasteiger partial charge in [-0.25, -0.2) is 0 Å². The minimum Gasteiger partial charge on any atom is -0.309 e. The number of nitrogens with zero attached hydrogens (tertiary/aromatic N) is 1. The summed E-state index contributed by atoms with van der Waals surface area (Å²) in [5, 5.41) is 3.59. The van der Waals surface area contributed by atoms with Crippen LogP contribution in [0.1, 0.15) is 31.4 Å². The summed E-state index contributed by atoms with van der Waals surface area (Å²) >= 11 is 3.60. The van der Waals surface area contributed by atoms with Crippen LogP contribution in [0.4, 0.5) is 0 Å². The molecule has 1 fully saturated rings. The van der Waals surface area contributed by atoms with Crippen molar-refractivity contribution in [1.82, 2.24) is 10.2 Å². The molecule has 0 radical (unpaired) electrons. The number of benzene rings is 1. The van der Waals surface area contributed by atoms with Gasteiger partial charge in [0.25, 0.3) is 0 Å². The van der Waals surface area contributed by atoms with Crippen LogP contribution >= 0.6 is 15.9 Å². The fourth-order valence-electron chi connectivity index (χ4n) is 2.38. The molecule has 1 aromatic rings. The topological polar surface area (TPSA) is 15.3 Å². The number of likely N-dealkylation sites (tertiary alicyclic amines) is 1. The van der Waals surface area contributed by atoms with E-state index in [9.17, 15) is 0 Å². The molecule has 0 unspecified atom stereocenters. The second kappa shape index (κ2) is 6.53. The molecule has 1 heterocycles. The Morgan fingerprint density at radius 3 is 2.71 bits per heavy atom. The van der Waals surface area contributed by atoms with E-state index in [0.29, 0.717) is 6.04 Å². The molecule has 1 aliphatic rings. The summed E-state index contributed by atoms with van der Waals surface area (Å²) < 4.78 is 1.20. The van der Waals surface area contributed by atoms with E-state index < -0.39 is 0 Å². The normalized spacial score (nSPS) is 18.5. The van der Waals surface area contributed by atoms with Crippen LogP contribution in [-0.4, -0.2) is 31.1 Å². The minimum atomic E-state index is 0.410. The van der Waals surface area contributed by atoms with E-state index in [1.165, 1.54) is 42.5 Å². The summed E-state index contributed by atoms with van der Waals surface area (Å²) in [6.07, 6.45) is 2.75. The number of hydrogen-bond donors (Lipinski definition) is 1. The monoisotopic (exact) mass is 296 g/mol. The number of nitrogens with one attached hydrogen (secondary N) is 1. The predicted molar refractivity (Wildman–Crippen MR) is 76.2 cm³/mol. The summed E-state index contributed by atoms with van der Waals surface area (Å²) in [6, 6.07) is 8.85. The first kappa shape index (κ1) is 13.1. The van der Waals surface area contributed by atoms with Crippen LogP contribution in [0.15, 0.2) is 28.7 Å². The molecule has 0 spiro atoms. The molecule has 1 atom stereocenters. The second-order valence-corrected chi connectivity index (χ2v) is 5.60. The van der Waals surface area contributed by atoms with E-state index in [0.717, 1.165) is 6.54 Å². The molecule has 1 aliphatic heterocycles. The minimum absolute atomic E-state index is 0.410. The number of halogens is 1. The Kier molecular flexibility index (Phi) is 5.01. The Balaban J connectivity index is 1.77. The molecular weight excluding hydrogens is 276 g/mol. The van der Waals surface area contributed by atoms with E-state index in [4.69, 9.17) is 0 Å². The molecule has 1 aromatic carbocycles. The van der Waals surface area contributed by atoms with Crippen molar-refractivity contribution in [1.29, 1.82) is 0 Å². The van der Waals surface area contributed by atoms with Crippen molar-refractivity contribution in [2.24, 2.45) is 0 Å². The highest BCUT2D eigenvalue weighted by Crippen LogP contribution is 2.22. The summed E-state index contributed by atoms with van der Waals surface area (Å²) in [4.78, 5) is 2.54. The predicted octanol–water partition coefficient (Wildman–Crippen LogP) is 3.20. The van der Waals surface area contributed by atoms with Gasteiger partial charge in [-0.3, -0.25) is 0 Å². The van der Waals surface area contributed by atoms with Crippen LogP contribution in [-0.2, 0) is 0 Å². The van der Waals surface area contributed by atoms with Gasteiger partial charge < -0.3 is 10.2 Å². The molecule has 1 saturated heterocycles. The zero-order valence-corrected chi connectivity index (χ0v) is 12.0. The highest BCUT2D eigenvalue weighted by molar-refractivity contribution is 9.10. The number of rotatable bonds is 5. The van der Waals surface area contributed by atoms with Crippen LogP contribution in [0.2, 0.25) is 0 Å². The van der Waals surface area contributed by atoms with Gasteiger partial charge >= 0.3 is 0 Å². The fourth-order valence-corrected chi connectivity index (χ4v) is 3.01. The van der Waals surface area contributed by atoms with Crippen molar-refractivity contribution < 1.29 is 0 Å². The quantitative estimate of drug-likeness (QED) is 0.898.